The zero-order valence-electron chi connectivity index (χ0n) is 10.2. The molecular formula is C11H14F3N3OS. The standard InChI is InChI=1S/C11H14F3N3OS/c1-7-2-3-16-10(8(7)9(15)19)17(4-5-18)6-11(12,13)14/h2-3,18H,4-6H2,1H3,(H2,15,19). The predicted molar refractivity (Wildman–Crippen MR) is 70.2 cm³/mol. The SMILES string of the molecule is Cc1ccnc(N(CCO)CC(F)(F)F)c1C(N)=S. The highest BCUT2D eigenvalue weighted by atomic mass is 32.1. The Kier molecular flexibility index (Phi) is 5.07. The van der Waals surface area contributed by atoms with Crippen LogP contribution in [0.1, 0.15) is 11.1 Å². The third-order valence-electron chi connectivity index (χ3n) is 2.43. The van der Waals surface area contributed by atoms with Crippen molar-refractivity contribution in [1.82, 2.24) is 4.98 Å². The normalized spacial score (nSPS) is 11.4. The van der Waals surface area contributed by atoms with Crippen molar-refractivity contribution >= 4 is 23.0 Å². The van der Waals surface area contributed by atoms with E-state index in [1.165, 1.54) is 6.20 Å². The van der Waals surface area contributed by atoms with E-state index in [1.54, 1.807) is 13.0 Å². The highest BCUT2D eigenvalue weighted by Crippen LogP contribution is 2.25. The Hall–Kier alpha value is -1.41. The van der Waals surface area contributed by atoms with Gasteiger partial charge in [0.25, 0.3) is 0 Å². The van der Waals surface area contributed by atoms with Crippen LogP contribution in [0, 0.1) is 6.92 Å². The van der Waals surface area contributed by atoms with E-state index in [4.69, 9.17) is 23.1 Å². The minimum atomic E-state index is -4.41. The summed E-state index contributed by atoms with van der Waals surface area (Å²) in [5, 5.41) is 8.89. The van der Waals surface area contributed by atoms with Gasteiger partial charge >= 0.3 is 6.18 Å². The lowest BCUT2D eigenvalue weighted by Gasteiger charge is -2.26. The smallest absolute Gasteiger partial charge is 0.395 e. The van der Waals surface area contributed by atoms with E-state index >= 15 is 0 Å². The fourth-order valence-electron chi connectivity index (χ4n) is 1.69. The Bertz CT molecular complexity index is 465. The number of thiocarbonyl (C=S) groups is 1. The molecule has 0 atom stereocenters. The van der Waals surface area contributed by atoms with Gasteiger partial charge in [-0.25, -0.2) is 4.98 Å². The molecular weight excluding hydrogens is 279 g/mol. The number of aryl methyl sites for hydroxylation is 1. The molecule has 0 amide bonds. The lowest BCUT2D eigenvalue weighted by molar-refractivity contribution is -0.120. The van der Waals surface area contributed by atoms with Crippen LogP contribution in [0.2, 0.25) is 0 Å². The average molecular weight is 293 g/mol. The first kappa shape index (κ1) is 15.6. The molecule has 3 N–H and O–H groups in total. The Morgan fingerprint density at radius 1 is 1.53 bits per heavy atom. The molecule has 106 valence electrons. The van der Waals surface area contributed by atoms with Gasteiger partial charge in [0.1, 0.15) is 17.4 Å². The van der Waals surface area contributed by atoms with Crippen LogP contribution in [0.3, 0.4) is 0 Å². The van der Waals surface area contributed by atoms with Gasteiger partial charge in [0, 0.05) is 12.7 Å². The number of hydrogen-bond acceptors (Lipinski definition) is 4. The first-order valence-electron chi connectivity index (χ1n) is 5.44. The molecule has 0 saturated carbocycles. The number of aliphatic hydroxyl groups is 1. The molecule has 0 radical (unpaired) electrons. The molecule has 0 fully saturated rings. The fourth-order valence-corrected chi connectivity index (χ4v) is 1.94. The molecule has 1 aromatic rings. The van der Waals surface area contributed by atoms with Gasteiger partial charge in [0.15, 0.2) is 0 Å². The molecule has 0 spiro atoms. The van der Waals surface area contributed by atoms with Crippen molar-refractivity contribution in [1.29, 1.82) is 0 Å². The number of aromatic nitrogens is 1. The van der Waals surface area contributed by atoms with Crippen molar-refractivity contribution in [2.45, 2.75) is 13.1 Å². The number of aliphatic hydroxyl groups excluding tert-OH is 1. The molecule has 0 aliphatic carbocycles. The molecule has 1 heterocycles. The predicted octanol–water partition coefficient (Wildman–Crippen LogP) is 1.39. The first-order valence-corrected chi connectivity index (χ1v) is 5.85. The lowest BCUT2D eigenvalue weighted by atomic mass is 10.1. The monoisotopic (exact) mass is 293 g/mol. The van der Waals surface area contributed by atoms with E-state index in [9.17, 15) is 13.2 Å². The van der Waals surface area contributed by atoms with E-state index < -0.39 is 19.3 Å². The van der Waals surface area contributed by atoms with Crippen molar-refractivity contribution in [2.75, 3.05) is 24.6 Å². The zero-order valence-corrected chi connectivity index (χ0v) is 11.1. The van der Waals surface area contributed by atoms with E-state index in [2.05, 4.69) is 4.98 Å². The third-order valence-corrected chi connectivity index (χ3v) is 2.63. The maximum Gasteiger partial charge on any atom is 0.405 e. The van der Waals surface area contributed by atoms with E-state index in [-0.39, 0.29) is 17.4 Å². The van der Waals surface area contributed by atoms with E-state index in [0.717, 1.165) is 4.90 Å². The molecule has 0 bridgehead atoms. The van der Waals surface area contributed by atoms with Crippen LogP contribution in [0.15, 0.2) is 12.3 Å². The Balaban J connectivity index is 3.22. The lowest BCUT2D eigenvalue weighted by Crippen LogP contribution is -2.38. The second-order valence-corrected chi connectivity index (χ2v) is 4.39. The van der Waals surface area contributed by atoms with Crippen LogP contribution >= 0.6 is 12.2 Å². The van der Waals surface area contributed by atoms with Crippen molar-refractivity contribution in [3.05, 3.63) is 23.4 Å². The topological polar surface area (TPSA) is 62.4 Å². The molecule has 0 saturated heterocycles. The van der Waals surface area contributed by atoms with Gasteiger partial charge in [-0.2, -0.15) is 13.2 Å². The fraction of sp³-hybridized carbons (Fsp3) is 0.455. The molecule has 0 aliphatic heterocycles. The highest BCUT2D eigenvalue weighted by molar-refractivity contribution is 7.80. The number of alkyl halides is 3. The zero-order chi connectivity index (χ0) is 14.6. The summed E-state index contributed by atoms with van der Waals surface area (Å²) < 4.78 is 37.6. The summed E-state index contributed by atoms with van der Waals surface area (Å²) in [6.45, 7) is -0.169. The summed E-state index contributed by atoms with van der Waals surface area (Å²) in [7, 11) is 0. The molecule has 4 nitrogen and oxygen atoms in total. The van der Waals surface area contributed by atoms with Crippen molar-refractivity contribution < 1.29 is 18.3 Å². The Morgan fingerprint density at radius 3 is 2.63 bits per heavy atom. The molecule has 0 aromatic carbocycles. The van der Waals surface area contributed by atoms with Gasteiger partial charge < -0.3 is 15.7 Å². The summed E-state index contributed by atoms with van der Waals surface area (Å²) in [5.41, 5.74) is 6.48. The van der Waals surface area contributed by atoms with Crippen LogP contribution in [-0.4, -0.2) is 41.0 Å². The van der Waals surface area contributed by atoms with Gasteiger partial charge in [-0.3, -0.25) is 0 Å². The number of rotatable bonds is 5. The largest absolute Gasteiger partial charge is 0.405 e. The second kappa shape index (κ2) is 6.16. The number of hydrogen-bond donors (Lipinski definition) is 2. The Morgan fingerprint density at radius 2 is 2.16 bits per heavy atom. The molecule has 0 aliphatic rings. The third kappa shape index (κ3) is 4.32. The maximum absolute atomic E-state index is 12.5. The van der Waals surface area contributed by atoms with Crippen LogP contribution in [0.5, 0.6) is 0 Å². The van der Waals surface area contributed by atoms with Crippen molar-refractivity contribution in [3.8, 4) is 0 Å². The summed E-state index contributed by atoms with van der Waals surface area (Å²) >= 11 is 4.85. The number of nitrogens with zero attached hydrogens (tertiary/aromatic N) is 2. The van der Waals surface area contributed by atoms with Crippen LogP contribution in [-0.2, 0) is 0 Å². The van der Waals surface area contributed by atoms with Gasteiger partial charge in [-0.15, -0.1) is 0 Å². The number of anilines is 1. The van der Waals surface area contributed by atoms with Gasteiger partial charge in [0.2, 0.25) is 0 Å². The second-order valence-electron chi connectivity index (χ2n) is 3.95. The average Bonchev–Trinajstić information content (AvgIpc) is 2.25. The van der Waals surface area contributed by atoms with Crippen molar-refractivity contribution in [2.24, 2.45) is 5.73 Å². The summed E-state index contributed by atoms with van der Waals surface area (Å²) in [4.78, 5) is 4.81. The summed E-state index contributed by atoms with van der Waals surface area (Å²) in [6, 6.07) is 1.61. The summed E-state index contributed by atoms with van der Waals surface area (Å²) in [5.74, 6) is 0.0406. The van der Waals surface area contributed by atoms with Gasteiger partial charge in [-0.05, 0) is 18.6 Å². The molecule has 19 heavy (non-hydrogen) atoms. The molecule has 0 unspecified atom stereocenters. The number of nitrogens with two attached hydrogens (primary N) is 1. The molecule has 1 aromatic heterocycles. The van der Waals surface area contributed by atoms with Crippen LogP contribution < -0.4 is 10.6 Å². The maximum atomic E-state index is 12.5. The Labute approximate surface area is 114 Å². The van der Waals surface area contributed by atoms with E-state index in [1.807, 2.05) is 0 Å². The van der Waals surface area contributed by atoms with Gasteiger partial charge in [0.05, 0.1) is 12.2 Å². The summed E-state index contributed by atoms with van der Waals surface area (Å²) in [6.07, 6.45) is -3.03. The molecule has 1 rings (SSSR count). The van der Waals surface area contributed by atoms with Gasteiger partial charge in [-0.1, -0.05) is 12.2 Å². The van der Waals surface area contributed by atoms with Crippen LogP contribution in [0.4, 0.5) is 19.0 Å². The minimum absolute atomic E-state index is 0.0225. The molecule has 8 heteroatoms. The number of pyridine rings is 1. The van der Waals surface area contributed by atoms with E-state index in [0.29, 0.717) is 11.1 Å². The first-order chi connectivity index (χ1) is 8.76. The highest BCUT2D eigenvalue weighted by Gasteiger charge is 2.32. The number of halogens is 3. The quantitative estimate of drug-likeness (QED) is 0.803. The van der Waals surface area contributed by atoms with Crippen molar-refractivity contribution in [3.63, 3.8) is 0 Å². The van der Waals surface area contributed by atoms with Crippen LogP contribution in [0.25, 0.3) is 0 Å². The minimum Gasteiger partial charge on any atom is -0.395 e.